The van der Waals surface area contributed by atoms with Crippen LogP contribution < -0.4 is 23.8 Å². The molecule has 12 heteroatoms. The minimum atomic E-state index is -4.00. The number of methoxy groups -OCH3 is 2. The average molecular weight is 546 g/mol. The molecule has 0 aliphatic carbocycles. The third-order valence-corrected chi connectivity index (χ3v) is 8.67. The Labute approximate surface area is 216 Å². The van der Waals surface area contributed by atoms with Crippen molar-refractivity contribution in [3.05, 3.63) is 66.2 Å². The fourth-order valence-corrected chi connectivity index (χ4v) is 6.22. The number of benzene rings is 3. The molecule has 1 heterocycles. The molecular formula is C25H27N3O7S2. The first-order chi connectivity index (χ1) is 17.5. The van der Waals surface area contributed by atoms with Gasteiger partial charge in [-0.25, -0.2) is 16.8 Å². The number of ether oxygens (including phenoxy) is 2. The molecule has 0 atom stereocenters. The van der Waals surface area contributed by atoms with Crippen LogP contribution in [0.15, 0.2) is 70.5 Å². The zero-order valence-electron chi connectivity index (χ0n) is 20.5. The van der Waals surface area contributed by atoms with Crippen molar-refractivity contribution in [3.8, 4) is 11.5 Å². The van der Waals surface area contributed by atoms with Crippen LogP contribution in [0.5, 0.6) is 11.5 Å². The molecule has 3 aromatic rings. The summed E-state index contributed by atoms with van der Waals surface area (Å²) >= 11 is 0. The molecule has 0 bridgehead atoms. The highest BCUT2D eigenvalue weighted by molar-refractivity contribution is 7.93. The molecule has 37 heavy (non-hydrogen) atoms. The van der Waals surface area contributed by atoms with Crippen LogP contribution in [0.25, 0.3) is 0 Å². The van der Waals surface area contributed by atoms with E-state index < -0.39 is 20.0 Å². The van der Waals surface area contributed by atoms with Gasteiger partial charge in [0.1, 0.15) is 11.5 Å². The lowest BCUT2D eigenvalue weighted by molar-refractivity contribution is -0.117. The van der Waals surface area contributed by atoms with Crippen molar-refractivity contribution >= 4 is 43.0 Å². The van der Waals surface area contributed by atoms with E-state index in [1.54, 1.807) is 30.0 Å². The van der Waals surface area contributed by atoms with Crippen molar-refractivity contribution in [1.29, 1.82) is 0 Å². The average Bonchev–Trinajstić information content (AvgIpc) is 3.29. The van der Waals surface area contributed by atoms with Gasteiger partial charge in [-0.3, -0.25) is 14.2 Å². The second kappa shape index (κ2) is 10.3. The molecule has 4 rings (SSSR count). The van der Waals surface area contributed by atoms with Crippen LogP contribution in [0.1, 0.15) is 18.4 Å². The van der Waals surface area contributed by atoms with Crippen LogP contribution in [0, 0.1) is 6.92 Å². The van der Waals surface area contributed by atoms with Crippen molar-refractivity contribution in [2.45, 2.75) is 29.6 Å². The summed E-state index contributed by atoms with van der Waals surface area (Å²) in [6, 6.07) is 14.6. The molecule has 0 saturated carbocycles. The highest BCUT2D eigenvalue weighted by Gasteiger charge is 2.24. The third kappa shape index (κ3) is 5.65. The number of sulfonamides is 2. The van der Waals surface area contributed by atoms with Crippen LogP contribution in [0.4, 0.5) is 17.1 Å². The van der Waals surface area contributed by atoms with E-state index in [1.807, 2.05) is 0 Å². The van der Waals surface area contributed by atoms with Crippen molar-refractivity contribution in [1.82, 2.24) is 0 Å². The topological polar surface area (TPSA) is 131 Å². The van der Waals surface area contributed by atoms with Gasteiger partial charge in [0, 0.05) is 30.4 Å². The van der Waals surface area contributed by atoms with E-state index in [0.717, 1.165) is 6.42 Å². The molecule has 3 aromatic carbocycles. The van der Waals surface area contributed by atoms with Gasteiger partial charge in [-0.05, 0) is 73.5 Å². The van der Waals surface area contributed by atoms with Gasteiger partial charge in [0.05, 0.1) is 29.7 Å². The Hall–Kier alpha value is -3.77. The molecule has 0 spiro atoms. The molecule has 0 radical (unpaired) electrons. The summed E-state index contributed by atoms with van der Waals surface area (Å²) < 4.78 is 67.0. The lowest BCUT2D eigenvalue weighted by Gasteiger charge is -2.19. The smallest absolute Gasteiger partial charge is 0.262 e. The first kappa shape index (κ1) is 26.3. The second-order valence-corrected chi connectivity index (χ2v) is 11.8. The predicted octanol–water partition coefficient (Wildman–Crippen LogP) is 3.74. The van der Waals surface area contributed by atoms with Crippen LogP contribution in [0.2, 0.25) is 0 Å². The van der Waals surface area contributed by atoms with Crippen LogP contribution >= 0.6 is 0 Å². The van der Waals surface area contributed by atoms with Crippen molar-refractivity contribution in [2.75, 3.05) is 35.1 Å². The van der Waals surface area contributed by atoms with Gasteiger partial charge >= 0.3 is 0 Å². The number of rotatable bonds is 9. The SMILES string of the molecule is COc1ccc(OC)c(NS(=O)(=O)c2ccc(NS(=O)(=O)c3ccc(N4CCCC4=O)c(C)c3)cc2)c1. The van der Waals surface area contributed by atoms with E-state index in [1.165, 1.54) is 56.7 Å². The molecule has 1 fully saturated rings. The summed E-state index contributed by atoms with van der Waals surface area (Å²) in [6.07, 6.45) is 1.25. The molecule has 196 valence electrons. The maximum Gasteiger partial charge on any atom is 0.262 e. The summed E-state index contributed by atoms with van der Waals surface area (Å²) in [5.41, 5.74) is 1.74. The maximum absolute atomic E-state index is 13.0. The molecule has 1 amide bonds. The second-order valence-electron chi connectivity index (χ2n) is 8.40. The number of nitrogens with one attached hydrogen (secondary N) is 2. The third-order valence-electron chi connectivity index (χ3n) is 5.91. The maximum atomic E-state index is 13.0. The standard InChI is InChI=1S/C25H27N3O7S2/c1-17-15-21(11-12-23(17)28-14-4-5-25(28)29)37(32,33)26-18-6-9-20(10-7-18)36(30,31)27-22-16-19(34-2)8-13-24(22)35-3/h6-13,15-16,26-27H,4-5,14H2,1-3H3. The van der Waals surface area contributed by atoms with Gasteiger partial charge in [0.25, 0.3) is 20.0 Å². The molecule has 0 aromatic heterocycles. The number of hydrogen-bond donors (Lipinski definition) is 2. The number of carbonyl (C=O) groups excluding carboxylic acids is 1. The number of anilines is 3. The highest BCUT2D eigenvalue weighted by atomic mass is 32.2. The number of amides is 1. The van der Waals surface area contributed by atoms with E-state index in [9.17, 15) is 21.6 Å². The van der Waals surface area contributed by atoms with Crippen LogP contribution in [-0.4, -0.2) is 43.5 Å². The molecule has 10 nitrogen and oxygen atoms in total. The monoisotopic (exact) mass is 545 g/mol. The fourth-order valence-electron chi connectivity index (χ4n) is 4.01. The van der Waals surface area contributed by atoms with E-state index in [2.05, 4.69) is 9.44 Å². The normalized spacial score (nSPS) is 13.9. The van der Waals surface area contributed by atoms with Gasteiger partial charge in [-0.1, -0.05) is 0 Å². The molecule has 1 aliphatic heterocycles. The minimum Gasteiger partial charge on any atom is -0.497 e. The Morgan fingerprint density at radius 2 is 1.49 bits per heavy atom. The molecular weight excluding hydrogens is 518 g/mol. The van der Waals surface area contributed by atoms with Gasteiger partial charge < -0.3 is 14.4 Å². The van der Waals surface area contributed by atoms with Crippen molar-refractivity contribution < 1.29 is 31.1 Å². The number of hydrogen-bond acceptors (Lipinski definition) is 7. The number of nitrogens with zero attached hydrogens (tertiary/aromatic N) is 1. The minimum absolute atomic E-state index is 0.0196. The molecule has 2 N–H and O–H groups in total. The predicted molar refractivity (Wildman–Crippen MR) is 140 cm³/mol. The number of carbonyl (C=O) groups is 1. The first-order valence-electron chi connectivity index (χ1n) is 11.3. The van der Waals surface area contributed by atoms with E-state index in [-0.39, 0.29) is 27.1 Å². The summed E-state index contributed by atoms with van der Waals surface area (Å²) in [5, 5.41) is 0. The lowest BCUT2D eigenvalue weighted by atomic mass is 10.2. The summed E-state index contributed by atoms with van der Waals surface area (Å²) in [7, 11) is -5.07. The Bertz CT molecular complexity index is 1540. The Morgan fingerprint density at radius 3 is 2.08 bits per heavy atom. The Balaban J connectivity index is 1.51. The van der Waals surface area contributed by atoms with Gasteiger partial charge in [-0.2, -0.15) is 0 Å². The quantitative estimate of drug-likeness (QED) is 0.419. The zero-order chi connectivity index (χ0) is 26.8. The van der Waals surface area contributed by atoms with E-state index in [4.69, 9.17) is 9.47 Å². The lowest BCUT2D eigenvalue weighted by Crippen LogP contribution is -2.24. The first-order valence-corrected chi connectivity index (χ1v) is 14.3. The molecule has 1 aliphatic rings. The fraction of sp³-hybridized carbons (Fsp3) is 0.240. The van der Waals surface area contributed by atoms with Gasteiger partial charge in [-0.15, -0.1) is 0 Å². The summed E-state index contributed by atoms with van der Waals surface area (Å²) in [4.78, 5) is 13.7. The van der Waals surface area contributed by atoms with Crippen molar-refractivity contribution in [2.24, 2.45) is 0 Å². The van der Waals surface area contributed by atoms with Crippen LogP contribution in [-0.2, 0) is 24.8 Å². The molecule has 1 saturated heterocycles. The molecule has 0 unspecified atom stereocenters. The summed E-state index contributed by atoms with van der Waals surface area (Å²) in [5.74, 6) is 0.772. The van der Waals surface area contributed by atoms with E-state index in [0.29, 0.717) is 35.7 Å². The van der Waals surface area contributed by atoms with Crippen LogP contribution in [0.3, 0.4) is 0 Å². The number of aryl methyl sites for hydroxylation is 1. The largest absolute Gasteiger partial charge is 0.497 e. The van der Waals surface area contributed by atoms with Gasteiger partial charge in [0.15, 0.2) is 0 Å². The highest BCUT2D eigenvalue weighted by Crippen LogP contribution is 2.31. The Morgan fingerprint density at radius 1 is 0.811 bits per heavy atom. The van der Waals surface area contributed by atoms with Gasteiger partial charge in [0.2, 0.25) is 5.91 Å². The zero-order valence-corrected chi connectivity index (χ0v) is 22.1. The summed E-state index contributed by atoms with van der Waals surface area (Å²) in [6.45, 7) is 2.36. The van der Waals surface area contributed by atoms with E-state index >= 15 is 0 Å². The van der Waals surface area contributed by atoms with Crippen molar-refractivity contribution in [3.63, 3.8) is 0 Å². The Kier molecular flexibility index (Phi) is 7.32.